The van der Waals surface area contributed by atoms with Crippen molar-refractivity contribution in [2.24, 2.45) is 0 Å². The van der Waals surface area contributed by atoms with Gasteiger partial charge in [0.2, 0.25) is 15.9 Å². The second-order valence-corrected chi connectivity index (χ2v) is 7.94. The van der Waals surface area contributed by atoms with E-state index in [0.717, 1.165) is 28.9 Å². The van der Waals surface area contributed by atoms with Crippen molar-refractivity contribution in [1.82, 2.24) is 9.46 Å². The van der Waals surface area contributed by atoms with E-state index in [9.17, 15) is 26.4 Å². The molecule has 0 unspecified atom stereocenters. The number of nitrogens with one attached hydrogen (secondary N) is 1. The second-order valence-electron chi connectivity index (χ2n) is 6.00. The van der Waals surface area contributed by atoms with Gasteiger partial charge in [0.05, 0.1) is 17.0 Å². The maximum atomic E-state index is 12.9. The number of aromatic nitrogens is 1. The average molecular weight is 419 g/mol. The summed E-state index contributed by atoms with van der Waals surface area (Å²) in [5, 5.41) is 5.87. The Morgan fingerprint density at radius 3 is 2.61 bits per heavy atom. The maximum absolute atomic E-state index is 12.9. The number of unbranched alkanes of at least 4 members (excludes halogenated alkanes) is 2. The number of alkyl halides is 3. The van der Waals surface area contributed by atoms with Crippen LogP contribution in [0.15, 0.2) is 46.0 Å². The highest BCUT2D eigenvalue weighted by Crippen LogP contribution is 2.31. The number of anilines is 1. The zero-order chi connectivity index (χ0) is 20.8. The van der Waals surface area contributed by atoms with Crippen molar-refractivity contribution in [1.29, 1.82) is 0 Å². The molecule has 2 rings (SSSR count). The maximum Gasteiger partial charge on any atom is 0.416 e. The van der Waals surface area contributed by atoms with Gasteiger partial charge in [-0.05, 0) is 24.6 Å². The van der Waals surface area contributed by atoms with Gasteiger partial charge >= 0.3 is 6.18 Å². The fourth-order valence-electron chi connectivity index (χ4n) is 2.42. The molecular formula is C17H20F3N3O4S. The number of amides is 1. The summed E-state index contributed by atoms with van der Waals surface area (Å²) in [6, 6.07) is 4.83. The molecule has 0 aliphatic rings. The lowest BCUT2D eigenvalue weighted by Gasteiger charge is -2.22. The Morgan fingerprint density at radius 1 is 1.25 bits per heavy atom. The molecule has 28 heavy (non-hydrogen) atoms. The molecule has 0 radical (unpaired) electrons. The van der Waals surface area contributed by atoms with Gasteiger partial charge in [0.15, 0.2) is 5.82 Å². The van der Waals surface area contributed by atoms with Crippen LogP contribution in [-0.2, 0) is 21.0 Å². The molecule has 1 heterocycles. The van der Waals surface area contributed by atoms with Crippen molar-refractivity contribution < 1.29 is 30.9 Å². The van der Waals surface area contributed by atoms with Gasteiger partial charge in [0, 0.05) is 12.6 Å². The van der Waals surface area contributed by atoms with Crippen LogP contribution >= 0.6 is 0 Å². The third-order valence-electron chi connectivity index (χ3n) is 3.84. The molecule has 154 valence electrons. The van der Waals surface area contributed by atoms with Gasteiger partial charge < -0.3 is 9.84 Å². The van der Waals surface area contributed by atoms with Crippen LogP contribution in [-0.4, -0.2) is 36.9 Å². The Hall–Kier alpha value is -2.40. The number of hydrogen-bond donors (Lipinski definition) is 1. The molecule has 0 saturated heterocycles. The minimum atomic E-state index is -4.68. The Balaban J connectivity index is 2.26. The van der Waals surface area contributed by atoms with E-state index < -0.39 is 39.1 Å². The van der Waals surface area contributed by atoms with Gasteiger partial charge in [0.1, 0.15) is 6.26 Å². The minimum Gasteiger partial charge on any atom is -0.363 e. The largest absolute Gasteiger partial charge is 0.416 e. The fourth-order valence-corrected chi connectivity index (χ4v) is 3.91. The Morgan fingerprint density at radius 2 is 2.00 bits per heavy atom. The molecule has 0 atom stereocenters. The summed E-state index contributed by atoms with van der Waals surface area (Å²) in [5.41, 5.74) is -1.07. The lowest BCUT2D eigenvalue weighted by Crippen LogP contribution is -2.38. The topological polar surface area (TPSA) is 92.5 Å². The predicted molar refractivity (Wildman–Crippen MR) is 94.9 cm³/mol. The van der Waals surface area contributed by atoms with Crippen LogP contribution < -0.4 is 5.32 Å². The Kier molecular flexibility index (Phi) is 7.19. The normalized spacial score (nSPS) is 12.3. The van der Waals surface area contributed by atoms with Crippen molar-refractivity contribution in [3.05, 3.63) is 42.2 Å². The lowest BCUT2D eigenvalue weighted by molar-refractivity contribution is -0.137. The zero-order valence-electron chi connectivity index (χ0n) is 15.1. The minimum absolute atomic E-state index is 0.00134. The molecule has 0 aliphatic carbocycles. The molecule has 0 saturated carbocycles. The van der Waals surface area contributed by atoms with Crippen LogP contribution in [0.25, 0.3) is 0 Å². The number of carbonyl (C=O) groups excluding carboxylic acids is 1. The zero-order valence-corrected chi connectivity index (χ0v) is 15.9. The first kappa shape index (κ1) is 21.9. The monoisotopic (exact) mass is 419 g/mol. The standard InChI is InChI=1S/C17H20F3N3O4S/c1-2-3-4-9-23(12-16(24)21-15-8-10-27-22-15)28(25,26)14-7-5-6-13(11-14)17(18,19)20/h5-8,10-11H,2-4,9,12H2,1H3,(H,21,22,24). The first-order chi connectivity index (χ1) is 13.1. The van der Waals surface area contributed by atoms with Crippen molar-refractivity contribution in [3.63, 3.8) is 0 Å². The molecule has 11 heteroatoms. The summed E-state index contributed by atoms with van der Waals surface area (Å²) in [5.74, 6) is -0.573. The molecule has 0 fully saturated rings. The van der Waals surface area contributed by atoms with E-state index in [1.54, 1.807) is 0 Å². The quantitative estimate of drug-likeness (QED) is 0.628. The summed E-state index contributed by atoms with van der Waals surface area (Å²) in [7, 11) is -4.31. The average Bonchev–Trinajstić information content (AvgIpc) is 3.13. The van der Waals surface area contributed by atoms with E-state index in [2.05, 4.69) is 15.0 Å². The highest BCUT2D eigenvalue weighted by Gasteiger charge is 2.33. The second kappa shape index (κ2) is 9.20. The van der Waals surface area contributed by atoms with Gasteiger partial charge in [0.25, 0.3) is 0 Å². The SMILES string of the molecule is CCCCCN(CC(=O)Nc1ccon1)S(=O)(=O)c1cccc(C(F)(F)F)c1. The van der Waals surface area contributed by atoms with E-state index in [0.29, 0.717) is 18.9 Å². The summed E-state index contributed by atoms with van der Waals surface area (Å²) >= 11 is 0. The molecule has 1 aromatic carbocycles. The molecule has 2 aromatic rings. The summed E-state index contributed by atoms with van der Waals surface area (Å²) in [6.07, 6.45) is -1.47. The van der Waals surface area contributed by atoms with Crippen molar-refractivity contribution >= 4 is 21.7 Å². The van der Waals surface area contributed by atoms with Gasteiger partial charge in [-0.15, -0.1) is 0 Å². The fraction of sp³-hybridized carbons (Fsp3) is 0.412. The third-order valence-corrected chi connectivity index (χ3v) is 5.68. The van der Waals surface area contributed by atoms with Crippen LogP contribution in [0.1, 0.15) is 31.7 Å². The molecule has 1 aromatic heterocycles. The number of sulfonamides is 1. The summed E-state index contributed by atoms with van der Waals surface area (Å²) in [4.78, 5) is 11.7. The molecule has 1 amide bonds. The van der Waals surface area contributed by atoms with E-state index in [1.807, 2.05) is 6.92 Å². The van der Waals surface area contributed by atoms with E-state index in [4.69, 9.17) is 0 Å². The number of carbonyl (C=O) groups is 1. The molecule has 1 N–H and O–H groups in total. The number of benzene rings is 1. The molecule has 0 spiro atoms. The van der Waals surface area contributed by atoms with E-state index >= 15 is 0 Å². The molecular weight excluding hydrogens is 399 g/mol. The van der Waals surface area contributed by atoms with Crippen molar-refractivity contribution in [2.45, 2.75) is 37.3 Å². The van der Waals surface area contributed by atoms with Gasteiger partial charge in [-0.1, -0.05) is 31.0 Å². The van der Waals surface area contributed by atoms with Gasteiger partial charge in [-0.25, -0.2) is 8.42 Å². The van der Waals surface area contributed by atoms with Crippen LogP contribution in [0.5, 0.6) is 0 Å². The number of rotatable bonds is 9. The number of hydrogen-bond acceptors (Lipinski definition) is 5. The lowest BCUT2D eigenvalue weighted by atomic mass is 10.2. The van der Waals surface area contributed by atoms with Gasteiger partial charge in [-0.2, -0.15) is 17.5 Å². The number of nitrogens with zero attached hydrogens (tertiary/aromatic N) is 2. The predicted octanol–water partition coefficient (Wildman–Crippen LogP) is 3.51. The van der Waals surface area contributed by atoms with Crippen molar-refractivity contribution in [2.75, 3.05) is 18.4 Å². The third kappa shape index (κ3) is 5.80. The Labute approximate surface area is 160 Å². The van der Waals surface area contributed by atoms with Crippen molar-refractivity contribution in [3.8, 4) is 0 Å². The first-order valence-electron chi connectivity index (χ1n) is 8.52. The first-order valence-corrected chi connectivity index (χ1v) is 9.96. The van der Waals surface area contributed by atoms with Gasteiger partial charge in [-0.3, -0.25) is 4.79 Å². The molecule has 0 bridgehead atoms. The van der Waals surface area contributed by atoms with E-state index in [1.165, 1.54) is 12.3 Å². The highest BCUT2D eigenvalue weighted by molar-refractivity contribution is 7.89. The van der Waals surface area contributed by atoms with Crippen LogP contribution in [0, 0.1) is 0 Å². The molecule has 7 nitrogen and oxygen atoms in total. The van der Waals surface area contributed by atoms with Crippen LogP contribution in [0.2, 0.25) is 0 Å². The van der Waals surface area contributed by atoms with E-state index in [-0.39, 0.29) is 12.4 Å². The summed E-state index contributed by atoms with van der Waals surface area (Å²) < 4.78 is 70.0. The molecule has 0 aliphatic heterocycles. The highest BCUT2D eigenvalue weighted by atomic mass is 32.2. The Bertz CT molecular complexity index is 883. The summed E-state index contributed by atoms with van der Waals surface area (Å²) in [6.45, 7) is 1.36. The smallest absolute Gasteiger partial charge is 0.363 e. The van der Waals surface area contributed by atoms with Crippen LogP contribution in [0.4, 0.5) is 19.0 Å². The van der Waals surface area contributed by atoms with Crippen LogP contribution in [0.3, 0.4) is 0 Å². The number of halogens is 3.